The van der Waals surface area contributed by atoms with Gasteiger partial charge in [-0.05, 0) is 13.2 Å². The van der Waals surface area contributed by atoms with E-state index in [1.165, 1.54) is 26.0 Å². The first kappa shape index (κ1) is 16.9. The third-order valence-electron chi connectivity index (χ3n) is 2.43. The summed E-state index contributed by atoms with van der Waals surface area (Å²) in [6, 6.07) is 0. The molecule has 0 saturated heterocycles. The number of nitrogens with zero attached hydrogens (tertiary/aromatic N) is 1. The van der Waals surface area contributed by atoms with Gasteiger partial charge in [0.2, 0.25) is 5.91 Å². The molecule has 0 aromatic rings. The molecule has 0 aromatic heterocycles. The van der Waals surface area contributed by atoms with Crippen molar-refractivity contribution in [1.29, 1.82) is 0 Å². The minimum Gasteiger partial charge on any atom is -0.376 e. The van der Waals surface area contributed by atoms with Crippen LogP contribution in [0.25, 0.3) is 0 Å². The summed E-state index contributed by atoms with van der Waals surface area (Å²) in [7, 11) is 1.71. The Bertz CT molecular complexity index is 313. The predicted octanol–water partition coefficient (Wildman–Crippen LogP) is 1.00. The van der Waals surface area contributed by atoms with Gasteiger partial charge in [0.15, 0.2) is 5.34 Å². The Labute approximate surface area is 106 Å². The summed E-state index contributed by atoms with van der Waals surface area (Å²) in [6.07, 6.45) is 1.65. The second kappa shape index (κ2) is 6.20. The van der Waals surface area contributed by atoms with Gasteiger partial charge in [-0.15, -0.1) is 11.8 Å². The topological polar surface area (TPSA) is 76.1 Å². The van der Waals surface area contributed by atoms with Gasteiger partial charge in [-0.25, -0.2) is 0 Å². The van der Waals surface area contributed by atoms with Crippen molar-refractivity contribution in [3.8, 4) is 0 Å². The summed E-state index contributed by atoms with van der Waals surface area (Å²) in [5, 5.41) is 7.51. The highest BCUT2D eigenvalue weighted by molar-refractivity contribution is 8.00. The molecule has 0 heterocycles. The SMILES string of the molecule is COP(=O)(OC)[C@](C)(O)[C@H](SC)C(=O)N(C)C. The Balaban J connectivity index is 5.39. The van der Waals surface area contributed by atoms with Crippen LogP contribution in [-0.2, 0) is 18.4 Å². The molecule has 0 aliphatic carbocycles. The lowest BCUT2D eigenvalue weighted by molar-refractivity contribution is -0.130. The Hall–Kier alpha value is -0.0700. The standard InChI is InChI=1S/C9H20NO5PS/c1-9(12,16(13,14-4)15-5)7(17-6)8(11)10(2)3/h7,12H,1-6H3/t7-,9+/m1/s1. The van der Waals surface area contributed by atoms with Crippen molar-refractivity contribution >= 4 is 25.3 Å². The highest BCUT2D eigenvalue weighted by Gasteiger charge is 2.53. The summed E-state index contributed by atoms with van der Waals surface area (Å²) in [5.41, 5.74) is 0. The van der Waals surface area contributed by atoms with Gasteiger partial charge < -0.3 is 19.1 Å². The number of hydrogen-bond acceptors (Lipinski definition) is 6. The van der Waals surface area contributed by atoms with Crippen molar-refractivity contribution in [3.63, 3.8) is 0 Å². The van der Waals surface area contributed by atoms with Crippen LogP contribution in [0, 0.1) is 0 Å². The number of thioether (sulfide) groups is 1. The lowest BCUT2D eigenvalue weighted by Gasteiger charge is -2.35. The molecule has 0 aromatic carbocycles. The molecule has 0 unspecified atom stereocenters. The van der Waals surface area contributed by atoms with Crippen molar-refractivity contribution in [2.75, 3.05) is 34.6 Å². The molecular weight excluding hydrogens is 265 g/mol. The van der Waals surface area contributed by atoms with E-state index in [2.05, 4.69) is 0 Å². The highest BCUT2D eigenvalue weighted by Crippen LogP contribution is 2.60. The normalized spacial score (nSPS) is 17.4. The lowest BCUT2D eigenvalue weighted by Crippen LogP contribution is -2.47. The zero-order valence-electron chi connectivity index (χ0n) is 11.0. The van der Waals surface area contributed by atoms with E-state index in [4.69, 9.17) is 9.05 Å². The van der Waals surface area contributed by atoms with Gasteiger partial charge >= 0.3 is 7.60 Å². The molecule has 102 valence electrons. The van der Waals surface area contributed by atoms with Crippen LogP contribution in [0.5, 0.6) is 0 Å². The van der Waals surface area contributed by atoms with Crippen molar-refractivity contribution in [2.24, 2.45) is 0 Å². The molecule has 6 nitrogen and oxygen atoms in total. The number of amides is 1. The zero-order valence-corrected chi connectivity index (χ0v) is 12.7. The monoisotopic (exact) mass is 285 g/mol. The summed E-state index contributed by atoms with van der Waals surface area (Å²) in [6.45, 7) is 1.28. The van der Waals surface area contributed by atoms with E-state index >= 15 is 0 Å². The van der Waals surface area contributed by atoms with E-state index in [0.29, 0.717) is 0 Å². The van der Waals surface area contributed by atoms with Gasteiger partial charge in [-0.3, -0.25) is 9.36 Å². The van der Waals surface area contributed by atoms with E-state index in [-0.39, 0.29) is 5.91 Å². The van der Waals surface area contributed by atoms with Crippen LogP contribution < -0.4 is 0 Å². The first-order valence-corrected chi connectivity index (χ1v) is 7.69. The Kier molecular flexibility index (Phi) is 6.18. The van der Waals surface area contributed by atoms with E-state index in [1.54, 1.807) is 20.4 Å². The van der Waals surface area contributed by atoms with E-state index in [1.807, 2.05) is 0 Å². The van der Waals surface area contributed by atoms with Gasteiger partial charge in [0.1, 0.15) is 5.25 Å². The fraction of sp³-hybridized carbons (Fsp3) is 0.889. The fourth-order valence-electron chi connectivity index (χ4n) is 1.38. The van der Waals surface area contributed by atoms with Gasteiger partial charge in [-0.1, -0.05) is 0 Å². The van der Waals surface area contributed by atoms with Crippen LogP contribution in [0.2, 0.25) is 0 Å². The van der Waals surface area contributed by atoms with E-state index in [0.717, 1.165) is 11.8 Å². The molecule has 0 bridgehead atoms. The highest BCUT2D eigenvalue weighted by atomic mass is 32.2. The molecule has 1 amide bonds. The molecule has 17 heavy (non-hydrogen) atoms. The van der Waals surface area contributed by atoms with Gasteiger partial charge in [0.25, 0.3) is 0 Å². The van der Waals surface area contributed by atoms with Gasteiger partial charge in [0, 0.05) is 28.3 Å². The number of hydrogen-bond donors (Lipinski definition) is 1. The minimum atomic E-state index is -3.76. The summed E-state index contributed by atoms with van der Waals surface area (Å²) >= 11 is 1.10. The quantitative estimate of drug-likeness (QED) is 0.734. The van der Waals surface area contributed by atoms with Crippen molar-refractivity contribution in [2.45, 2.75) is 17.5 Å². The van der Waals surface area contributed by atoms with Crippen molar-refractivity contribution in [3.05, 3.63) is 0 Å². The smallest absolute Gasteiger partial charge is 0.362 e. The molecule has 1 N–H and O–H groups in total. The zero-order chi connectivity index (χ0) is 13.9. The van der Waals surface area contributed by atoms with Crippen LogP contribution in [0.4, 0.5) is 0 Å². The van der Waals surface area contributed by atoms with Crippen molar-refractivity contribution < 1.29 is 23.5 Å². The molecular formula is C9H20NO5PS. The molecule has 0 aliphatic rings. The number of carbonyl (C=O) groups is 1. The molecule has 0 fully saturated rings. The fourth-order valence-corrected chi connectivity index (χ4v) is 4.23. The van der Waals surface area contributed by atoms with Crippen LogP contribution >= 0.6 is 19.4 Å². The molecule has 0 saturated carbocycles. The summed E-state index contributed by atoms with van der Waals surface area (Å²) in [5.74, 6) is -0.350. The second-order valence-corrected chi connectivity index (χ2v) is 7.38. The maximum Gasteiger partial charge on any atom is 0.362 e. The molecule has 2 atom stereocenters. The lowest BCUT2D eigenvalue weighted by atomic mass is 10.2. The molecule has 0 radical (unpaired) electrons. The number of aliphatic hydroxyl groups is 1. The number of rotatable bonds is 6. The number of carbonyl (C=O) groups excluding carboxylic acids is 1. The second-order valence-electron chi connectivity index (χ2n) is 3.81. The largest absolute Gasteiger partial charge is 0.376 e. The van der Waals surface area contributed by atoms with Crippen LogP contribution in [0.3, 0.4) is 0 Å². The maximum atomic E-state index is 12.2. The van der Waals surface area contributed by atoms with Gasteiger partial charge in [0.05, 0.1) is 0 Å². The van der Waals surface area contributed by atoms with Crippen LogP contribution in [0.1, 0.15) is 6.92 Å². The minimum absolute atomic E-state index is 0.350. The van der Waals surface area contributed by atoms with E-state index < -0.39 is 18.2 Å². The first-order valence-electron chi connectivity index (χ1n) is 4.85. The third kappa shape index (κ3) is 3.23. The maximum absolute atomic E-state index is 12.2. The Morgan fingerprint density at radius 2 is 1.82 bits per heavy atom. The third-order valence-corrected chi connectivity index (χ3v) is 6.07. The molecule has 8 heteroatoms. The average molecular weight is 285 g/mol. The van der Waals surface area contributed by atoms with E-state index in [9.17, 15) is 14.5 Å². The Morgan fingerprint density at radius 1 is 1.41 bits per heavy atom. The van der Waals surface area contributed by atoms with Crippen LogP contribution in [0.15, 0.2) is 0 Å². The van der Waals surface area contributed by atoms with Crippen LogP contribution in [-0.4, -0.2) is 61.1 Å². The predicted molar refractivity (Wildman–Crippen MR) is 68.2 cm³/mol. The first-order chi connectivity index (χ1) is 7.67. The summed E-state index contributed by atoms with van der Waals surface area (Å²) in [4.78, 5) is 13.2. The van der Waals surface area contributed by atoms with Crippen molar-refractivity contribution in [1.82, 2.24) is 4.90 Å². The molecule has 0 aliphatic heterocycles. The Morgan fingerprint density at radius 3 is 2.06 bits per heavy atom. The molecule has 0 rings (SSSR count). The van der Waals surface area contributed by atoms with Gasteiger partial charge in [-0.2, -0.15) is 0 Å². The summed E-state index contributed by atoms with van der Waals surface area (Å²) < 4.78 is 21.7. The molecule has 0 spiro atoms. The average Bonchev–Trinajstić information content (AvgIpc) is 2.27.